The number of carbonyl (C=O) groups is 4. The molecule has 7 nitrogen and oxygen atoms in total. The summed E-state index contributed by atoms with van der Waals surface area (Å²) in [6, 6.07) is 0. The van der Waals surface area contributed by atoms with Crippen molar-refractivity contribution >= 4 is 23.7 Å². The van der Waals surface area contributed by atoms with Gasteiger partial charge in [-0.15, -0.1) is 0 Å². The number of hydrogen-bond donors (Lipinski definition) is 2. The molecule has 7 heteroatoms. The molecular weight excluding hydrogens is 252 g/mol. The summed E-state index contributed by atoms with van der Waals surface area (Å²) in [5.41, 5.74) is 0. The number of nitrogens with one attached hydrogen (secondary N) is 1. The third-order valence-corrected chi connectivity index (χ3v) is 3.04. The lowest BCUT2D eigenvalue weighted by atomic mass is 10.1. The first kappa shape index (κ1) is 15.1. The van der Waals surface area contributed by atoms with Gasteiger partial charge in [-0.05, 0) is 6.42 Å². The van der Waals surface area contributed by atoms with Crippen molar-refractivity contribution in [3.05, 3.63) is 0 Å². The Morgan fingerprint density at radius 3 is 2.42 bits per heavy atom. The van der Waals surface area contributed by atoms with Gasteiger partial charge in [0.25, 0.3) is 0 Å². The van der Waals surface area contributed by atoms with E-state index in [-0.39, 0.29) is 50.1 Å². The van der Waals surface area contributed by atoms with Crippen LogP contribution in [-0.2, 0) is 19.2 Å². The summed E-state index contributed by atoms with van der Waals surface area (Å²) in [7, 11) is 0. The molecule has 0 bridgehead atoms. The van der Waals surface area contributed by atoms with Gasteiger partial charge in [0.2, 0.25) is 17.7 Å². The number of rotatable bonds is 7. The van der Waals surface area contributed by atoms with E-state index in [0.717, 1.165) is 4.90 Å². The molecule has 1 saturated heterocycles. The maximum Gasteiger partial charge on any atom is 0.306 e. The molecule has 1 rings (SSSR count). The number of amides is 3. The number of imide groups is 1. The number of aliphatic carboxylic acids is 1. The van der Waals surface area contributed by atoms with Gasteiger partial charge in [0.05, 0.1) is 5.92 Å². The molecule has 3 amide bonds. The monoisotopic (exact) mass is 270 g/mol. The fourth-order valence-electron chi connectivity index (χ4n) is 1.73. The minimum atomic E-state index is -0.900. The molecule has 0 aromatic carbocycles. The summed E-state index contributed by atoms with van der Waals surface area (Å²) >= 11 is 0. The van der Waals surface area contributed by atoms with Crippen LogP contribution in [0, 0.1) is 5.92 Å². The lowest BCUT2D eigenvalue weighted by Gasteiger charge is -2.13. The molecule has 0 aromatic heterocycles. The number of hydrogen-bond acceptors (Lipinski definition) is 4. The predicted octanol–water partition coefficient (Wildman–Crippen LogP) is -0.247. The van der Waals surface area contributed by atoms with Gasteiger partial charge in [0.1, 0.15) is 0 Å². The molecule has 0 aliphatic carbocycles. The highest BCUT2D eigenvalue weighted by Gasteiger charge is 2.28. The van der Waals surface area contributed by atoms with Crippen molar-refractivity contribution in [2.75, 3.05) is 13.1 Å². The van der Waals surface area contributed by atoms with Crippen LogP contribution in [-0.4, -0.2) is 46.8 Å². The highest BCUT2D eigenvalue weighted by molar-refractivity contribution is 6.02. The highest BCUT2D eigenvalue weighted by atomic mass is 16.4. The molecule has 0 spiro atoms. The third-order valence-electron chi connectivity index (χ3n) is 3.04. The summed E-state index contributed by atoms with van der Waals surface area (Å²) in [6.45, 7) is 1.93. The van der Waals surface area contributed by atoms with Crippen LogP contribution in [0.4, 0.5) is 0 Å². The number of carboxylic acid groups (broad SMARTS) is 1. The second-order valence-corrected chi connectivity index (χ2v) is 4.57. The molecule has 1 fully saturated rings. The molecule has 1 heterocycles. The van der Waals surface area contributed by atoms with Crippen LogP contribution in [0.1, 0.15) is 32.6 Å². The van der Waals surface area contributed by atoms with Crippen molar-refractivity contribution in [3.63, 3.8) is 0 Å². The Labute approximate surface area is 110 Å². The number of likely N-dealkylation sites (tertiary alicyclic amines) is 1. The first-order valence-electron chi connectivity index (χ1n) is 6.24. The Balaban J connectivity index is 2.19. The van der Waals surface area contributed by atoms with Crippen molar-refractivity contribution < 1.29 is 24.3 Å². The molecule has 0 aromatic rings. The van der Waals surface area contributed by atoms with Crippen LogP contribution in [0.3, 0.4) is 0 Å². The van der Waals surface area contributed by atoms with E-state index in [4.69, 9.17) is 5.11 Å². The topological polar surface area (TPSA) is 104 Å². The lowest BCUT2D eigenvalue weighted by Crippen LogP contribution is -2.34. The lowest BCUT2D eigenvalue weighted by molar-refractivity contribution is -0.142. The van der Waals surface area contributed by atoms with Crippen molar-refractivity contribution in [1.29, 1.82) is 0 Å². The number of carbonyl (C=O) groups excluding carboxylic acids is 3. The van der Waals surface area contributed by atoms with E-state index in [0.29, 0.717) is 6.42 Å². The molecule has 0 saturated carbocycles. The van der Waals surface area contributed by atoms with Crippen molar-refractivity contribution in [3.8, 4) is 0 Å². The standard InChI is InChI=1S/C12H18N2O5/c1-8(12(18)19)4-6-13-9(15)5-7-14-10(16)2-3-11(14)17/h8H,2-7H2,1H3,(H,13,15)(H,18,19). The SMILES string of the molecule is CC(CCNC(=O)CCN1C(=O)CCC1=O)C(=O)O. The van der Waals surface area contributed by atoms with Gasteiger partial charge in [-0.2, -0.15) is 0 Å². The van der Waals surface area contributed by atoms with Crippen LogP contribution in [0.15, 0.2) is 0 Å². The molecule has 19 heavy (non-hydrogen) atoms. The molecule has 0 radical (unpaired) electrons. The Morgan fingerprint density at radius 1 is 1.32 bits per heavy atom. The van der Waals surface area contributed by atoms with E-state index < -0.39 is 11.9 Å². The molecule has 2 N–H and O–H groups in total. The summed E-state index contributed by atoms with van der Waals surface area (Å²) in [5.74, 6) is -2.18. The number of nitrogens with zero attached hydrogens (tertiary/aromatic N) is 1. The minimum Gasteiger partial charge on any atom is -0.481 e. The summed E-state index contributed by atoms with van der Waals surface area (Å²) in [6.07, 6.45) is 0.842. The van der Waals surface area contributed by atoms with Crippen LogP contribution < -0.4 is 5.32 Å². The van der Waals surface area contributed by atoms with E-state index in [9.17, 15) is 19.2 Å². The van der Waals surface area contributed by atoms with Gasteiger partial charge in [-0.3, -0.25) is 24.1 Å². The van der Waals surface area contributed by atoms with Gasteiger partial charge in [0, 0.05) is 32.4 Å². The van der Waals surface area contributed by atoms with Crippen LogP contribution >= 0.6 is 0 Å². The molecule has 1 aliphatic rings. The predicted molar refractivity (Wildman–Crippen MR) is 65.0 cm³/mol. The van der Waals surface area contributed by atoms with Gasteiger partial charge >= 0.3 is 5.97 Å². The average molecular weight is 270 g/mol. The van der Waals surface area contributed by atoms with Gasteiger partial charge in [0.15, 0.2) is 0 Å². The zero-order valence-electron chi connectivity index (χ0n) is 10.8. The van der Waals surface area contributed by atoms with Gasteiger partial charge < -0.3 is 10.4 Å². The van der Waals surface area contributed by atoms with E-state index >= 15 is 0 Å². The highest BCUT2D eigenvalue weighted by Crippen LogP contribution is 2.11. The Morgan fingerprint density at radius 2 is 1.89 bits per heavy atom. The van der Waals surface area contributed by atoms with E-state index in [1.54, 1.807) is 6.92 Å². The maximum atomic E-state index is 11.5. The Hall–Kier alpha value is -1.92. The van der Waals surface area contributed by atoms with Crippen LogP contribution in [0.25, 0.3) is 0 Å². The second-order valence-electron chi connectivity index (χ2n) is 4.57. The average Bonchev–Trinajstić information content (AvgIpc) is 2.66. The van der Waals surface area contributed by atoms with Crippen molar-refractivity contribution in [2.45, 2.75) is 32.6 Å². The third kappa shape index (κ3) is 4.69. The quantitative estimate of drug-likeness (QED) is 0.621. The molecule has 106 valence electrons. The van der Waals surface area contributed by atoms with Crippen molar-refractivity contribution in [2.24, 2.45) is 5.92 Å². The second kappa shape index (κ2) is 6.86. The molecule has 1 unspecified atom stereocenters. The van der Waals surface area contributed by atoms with Gasteiger partial charge in [-0.25, -0.2) is 0 Å². The first-order chi connectivity index (χ1) is 8.91. The van der Waals surface area contributed by atoms with E-state index in [2.05, 4.69) is 5.32 Å². The smallest absolute Gasteiger partial charge is 0.306 e. The van der Waals surface area contributed by atoms with Crippen LogP contribution in [0.5, 0.6) is 0 Å². The van der Waals surface area contributed by atoms with Crippen LogP contribution in [0.2, 0.25) is 0 Å². The van der Waals surface area contributed by atoms with E-state index in [1.807, 2.05) is 0 Å². The molecule has 1 aliphatic heterocycles. The zero-order valence-corrected chi connectivity index (χ0v) is 10.8. The van der Waals surface area contributed by atoms with Gasteiger partial charge in [-0.1, -0.05) is 6.92 Å². The minimum absolute atomic E-state index is 0.0545. The molecule has 1 atom stereocenters. The first-order valence-corrected chi connectivity index (χ1v) is 6.24. The summed E-state index contributed by atoms with van der Waals surface area (Å²) in [5, 5.41) is 11.2. The largest absolute Gasteiger partial charge is 0.481 e. The zero-order chi connectivity index (χ0) is 14.4. The summed E-state index contributed by atoms with van der Waals surface area (Å²) < 4.78 is 0. The van der Waals surface area contributed by atoms with E-state index in [1.165, 1.54) is 0 Å². The number of carboxylic acids is 1. The normalized spacial score (nSPS) is 16.6. The summed E-state index contributed by atoms with van der Waals surface area (Å²) in [4.78, 5) is 45.7. The fourth-order valence-corrected chi connectivity index (χ4v) is 1.73. The van der Waals surface area contributed by atoms with Crippen molar-refractivity contribution in [1.82, 2.24) is 10.2 Å². The fraction of sp³-hybridized carbons (Fsp3) is 0.667. The maximum absolute atomic E-state index is 11.5. The Kier molecular flexibility index (Phi) is 5.47. The Bertz CT molecular complexity index is 378. The molecular formula is C12H18N2O5.